The zero-order valence-electron chi connectivity index (χ0n) is 16.5. The van der Waals surface area contributed by atoms with Crippen LogP contribution in [0.5, 0.6) is 0 Å². The summed E-state index contributed by atoms with van der Waals surface area (Å²) in [6, 6.07) is 5.96. The molecule has 0 N–H and O–H groups in total. The van der Waals surface area contributed by atoms with Crippen molar-refractivity contribution in [2.75, 3.05) is 13.7 Å². The average molecular weight is 417 g/mol. The van der Waals surface area contributed by atoms with E-state index in [1.54, 1.807) is 28.5 Å². The number of non-ortho nitro benzene ring substituents is 1. The Balaban J connectivity index is 2.10. The largest absolute Gasteiger partial charge is 0.464 e. The Labute approximate surface area is 173 Å². The summed E-state index contributed by atoms with van der Waals surface area (Å²) in [4.78, 5) is 40.5. The summed E-state index contributed by atoms with van der Waals surface area (Å²) < 4.78 is 4.66. The van der Waals surface area contributed by atoms with Crippen LogP contribution >= 0.6 is 11.3 Å². The first kappa shape index (κ1) is 22.2. The number of nitro groups is 1. The highest BCUT2D eigenvalue weighted by Gasteiger charge is 2.16. The molecular weight excluding hydrogens is 394 g/mol. The Hall–Kier alpha value is -3.07. The Morgan fingerprint density at radius 3 is 2.59 bits per heavy atom. The lowest BCUT2D eigenvalue weighted by atomic mass is 10.1. The lowest BCUT2D eigenvalue weighted by Crippen LogP contribution is -2.30. The van der Waals surface area contributed by atoms with Crippen LogP contribution in [0.15, 0.2) is 35.7 Å². The van der Waals surface area contributed by atoms with Gasteiger partial charge >= 0.3 is 5.97 Å². The summed E-state index contributed by atoms with van der Waals surface area (Å²) in [7, 11) is 1.29. The number of amides is 1. The van der Waals surface area contributed by atoms with E-state index >= 15 is 0 Å². The second kappa shape index (κ2) is 10.5. The van der Waals surface area contributed by atoms with E-state index in [0.29, 0.717) is 23.0 Å². The molecule has 0 aliphatic carbocycles. The van der Waals surface area contributed by atoms with Gasteiger partial charge in [-0.3, -0.25) is 14.9 Å². The van der Waals surface area contributed by atoms with Crippen molar-refractivity contribution >= 4 is 35.0 Å². The maximum atomic E-state index is 12.7. The molecule has 1 aromatic carbocycles. The van der Waals surface area contributed by atoms with Gasteiger partial charge in [-0.2, -0.15) is 0 Å². The molecule has 9 heteroatoms. The van der Waals surface area contributed by atoms with E-state index in [0.717, 1.165) is 6.42 Å². The summed E-state index contributed by atoms with van der Waals surface area (Å²) in [5.74, 6) is -0.282. The van der Waals surface area contributed by atoms with Gasteiger partial charge in [0.1, 0.15) is 5.01 Å². The van der Waals surface area contributed by atoms with Gasteiger partial charge < -0.3 is 9.64 Å². The molecular formula is C20H23N3O5S. The first-order valence-corrected chi connectivity index (χ1v) is 9.92. The number of hydrogen-bond donors (Lipinski definition) is 0. The summed E-state index contributed by atoms with van der Waals surface area (Å²) in [6.07, 6.45) is 3.89. The predicted octanol–water partition coefficient (Wildman–Crippen LogP) is 3.93. The van der Waals surface area contributed by atoms with E-state index in [9.17, 15) is 19.7 Å². The number of benzene rings is 1. The molecule has 1 heterocycles. The smallest absolute Gasteiger partial charge is 0.357 e. The number of ether oxygens (including phenoxy) is 1. The third-order valence-corrected chi connectivity index (χ3v) is 4.92. The summed E-state index contributed by atoms with van der Waals surface area (Å²) in [5, 5.41) is 13.0. The Kier molecular flexibility index (Phi) is 8.02. The molecule has 0 aliphatic rings. The van der Waals surface area contributed by atoms with Gasteiger partial charge in [0.05, 0.1) is 18.6 Å². The topological polar surface area (TPSA) is 103 Å². The van der Waals surface area contributed by atoms with Crippen molar-refractivity contribution < 1.29 is 19.2 Å². The molecule has 1 aromatic heterocycles. The van der Waals surface area contributed by atoms with Gasteiger partial charge in [-0.15, -0.1) is 11.3 Å². The van der Waals surface area contributed by atoms with Gasteiger partial charge in [0.25, 0.3) is 5.69 Å². The van der Waals surface area contributed by atoms with E-state index in [4.69, 9.17) is 0 Å². The van der Waals surface area contributed by atoms with Crippen LogP contribution in [0.3, 0.4) is 0 Å². The SMILES string of the molecule is COC(=O)c1csc(CN(CCC(C)C)C(=O)C=Cc2ccc([N+](=O)[O-])cc2)n1. The molecule has 0 radical (unpaired) electrons. The number of nitro benzene ring substituents is 1. The number of hydrogen-bond acceptors (Lipinski definition) is 7. The van der Waals surface area contributed by atoms with Crippen molar-refractivity contribution in [1.82, 2.24) is 9.88 Å². The van der Waals surface area contributed by atoms with Crippen molar-refractivity contribution in [2.24, 2.45) is 5.92 Å². The average Bonchev–Trinajstić information content (AvgIpc) is 3.17. The Morgan fingerprint density at radius 1 is 1.31 bits per heavy atom. The van der Waals surface area contributed by atoms with Crippen LogP contribution in [0.4, 0.5) is 5.69 Å². The molecule has 0 saturated heterocycles. The van der Waals surface area contributed by atoms with E-state index in [1.165, 1.54) is 36.7 Å². The normalized spacial score (nSPS) is 11.0. The molecule has 29 heavy (non-hydrogen) atoms. The van der Waals surface area contributed by atoms with Crippen LogP contribution < -0.4 is 0 Å². The summed E-state index contributed by atoms with van der Waals surface area (Å²) in [6.45, 7) is 4.99. The van der Waals surface area contributed by atoms with E-state index < -0.39 is 10.9 Å². The number of methoxy groups -OCH3 is 1. The van der Waals surface area contributed by atoms with Crippen LogP contribution in [-0.2, 0) is 16.1 Å². The van der Waals surface area contributed by atoms with Gasteiger partial charge in [0.15, 0.2) is 5.69 Å². The fraction of sp³-hybridized carbons (Fsp3) is 0.350. The van der Waals surface area contributed by atoms with Gasteiger partial charge in [0, 0.05) is 30.1 Å². The van der Waals surface area contributed by atoms with Crippen LogP contribution in [0.2, 0.25) is 0 Å². The van der Waals surface area contributed by atoms with Crippen molar-refractivity contribution in [2.45, 2.75) is 26.8 Å². The van der Waals surface area contributed by atoms with Crippen molar-refractivity contribution in [3.63, 3.8) is 0 Å². The number of carbonyl (C=O) groups is 2. The second-order valence-electron chi connectivity index (χ2n) is 6.74. The monoisotopic (exact) mass is 417 g/mol. The number of rotatable bonds is 9. The molecule has 2 rings (SSSR count). The van der Waals surface area contributed by atoms with E-state index in [2.05, 4.69) is 23.6 Å². The molecule has 8 nitrogen and oxygen atoms in total. The van der Waals surface area contributed by atoms with Gasteiger partial charge in [0.2, 0.25) is 5.91 Å². The lowest BCUT2D eigenvalue weighted by Gasteiger charge is -2.21. The van der Waals surface area contributed by atoms with Crippen molar-refractivity contribution in [3.05, 3.63) is 62.1 Å². The molecule has 0 aliphatic heterocycles. The highest BCUT2D eigenvalue weighted by Crippen LogP contribution is 2.16. The molecule has 0 fully saturated rings. The molecule has 2 aromatic rings. The minimum absolute atomic E-state index is 0.00258. The third-order valence-electron chi connectivity index (χ3n) is 4.08. The minimum Gasteiger partial charge on any atom is -0.464 e. The molecule has 0 unspecified atom stereocenters. The summed E-state index contributed by atoms with van der Waals surface area (Å²) >= 11 is 1.30. The highest BCUT2D eigenvalue weighted by atomic mass is 32.1. The standard InChI is InChI=1S/C20H23N3O5S/c1-14(2)10-11-22(12-18-21-17(13-29-18)20(25)28-3)19(24)9-6-15-4-7-16(8-5-15)23(26)27/h4-9,13-14H,10-12H2,1-3H3. The Bertz CT molecular complexity index is 890. The minimum atomic E-state index is -0.509. The van der Waals surface area contributed by atoms with Crippen LogP contribution in [0.1, 0.15) is 41.3 Å². The number of carbonyl (C=O) groups excluding carboxylic acids is 2. The zero-order chi connectivity index (χ0) is 21.4. The Morgan fingerprint density at radius 2 is 2.00 bits per heavy atom. The van der Waals surface area contributed by atoms with Crippen molar-refractivity contribution in [1.29, 1.82) is 0 Å². The molecule has 0 saturated carbocycles. The molecule has 1 amide bonds. The van der Waals surface area contributed by atoms with E-state index in [-0.39, 0.29) is 23.8 Å². The van der Waals surface area contributed by atoms with Gasteiger partial charge in [-0.05, 0) is 36.1 Å². The second-order valence-corrected chi connectivity index (χ2v) is 7.69. The highest BCUT2D eigenvalue weighted by molar-refractivity contribution is 7.09. The first-order chi connectivity index (χ1) is 13.8. The molecule has 0 bridgehead atoms. The van der Waals surface area contributed by atoms with Gasteiger partial charge in [-0.1, -0.05) is 13.8 Å². The molecule has 0 atom stereocenters. The maximum absolute atomic E-state index is 12.7. The fourth-order valence-corrected chi connectivity index (χ4v) is 3.18. The van der Waals surface area contributed by atoms with Crippen LogP contribution in [0.25, 0.3) is 6.08 Å². The lowest BCUT2D eigenvalue weighted by molar-refractivity contribution is -0.384. The quantitative estimate of drug-likeness (QED) is 0.265. The van der Waals surface area contributed by atoms with Crippen LogP contribution in [0, 0.1) is 16.0 Å². The summed E-state index contributed by atoms with van der Waals surface area (Å²) in [5.41, 5.74) is 0.914. The van der Waals surface area contributed by atoms with Crippen molar-refractivity contribution in [3.8, 4) is 0 Å². The zero-order valence-corrected chi connectivity index (χ0v) is 17.3. The predicted molar refractivity (Wildman–Crippen MR) is 110 cm³/mol. The number of nitrogens with zero attached hydrogens (tertiary/aromatic N) is 3. The maximum Gasteiger partial charge on any atom is 0.357 e. The van der Waals surface area contributed by atoms with Crippen LogP contribution in [-0.4, -0.2) is 40.3 Å². The number of aromatic nitrogens is 1. The number of thiazole rings is 1. The van der Waals surface area contributed by atoms with Gasteiger partial charge in [-0.25, -0.2) is 9.78 Å². The molecule has 0 spiro atoms. The third kappa shape index (κ3) is 6.79. The number of esters is 1. The van der Waals surface area contributed by atoms with E-state index in [1.807, 2.05) is 0 Å². The fourth-order valence-electron chi connectivity index (χ4n) is 2.41. The molecule has 154 valence electrons. The first-order valence-electron chi connectivity index (χ1n) is 9.04.